The third kappa shape index (κ3) is 3.84. The van der Waals surface area contributed by atoms with Crippen molar-refractivity contribution in [3.8, 4) is 11.8 Å². The quantitative estimate of drug-likeness (QED) is 0.226. The highest BCUT2D eigenvalue weighted by atomic mass is 15.3. The van der Waals surface area contributed by atoms with E-state index in [4.69, 9.17) is 5.10 Å². The van der Waals surface area contributed by atoms with Crippen molar-refractivity contribution in [2.45, 2.75) is 5.54 Å². The Labute approximate surface area is 194 Å². The van der Waals surface area contributed by atoms with Crippen LogP contribution in [0.4, 0.5) is 0 Å². The van der Waals surface area contributed by atoms with Crippen LogP contribution in [0.3, 0.4) is 0 Å². The third-order valence-corrected chi connectivity index (χ3v) is 5.89. The monoisotopic (exact) mass is 426 g/mol. The third-order valence-electron chi connectivity index (χ3n) is 5.89. The highest BCUT2D eigenvalue weighted by molar-refractivity contribution is 5.51. The van der Waals surface area contributed by atoms with E-state index in [-0.39, 0.29) is 0 Å². The van der Waals surface area contributed by atoms with Gasteiger partial charge in [-0.05, 0) is 22.8 Å². The van der Waals surface area contributed by atoms with Crippen molar-refractivity contribution in [2.75, 3.05) is 0 Å². The highest BCUT2D eigenvalue weighted by Gasteiger charge is 2.39. The molecule has 0 saturated carbocycles. The number of aromatic nitrogens is 3. The Morgan fingerprint density at radius 2 is 1.18 bits per heavy atom. The van der Waals surface area contributed by atoms with Crippen LogP contribution in [0.15, 0.2) is 128 Å². The molecule has 2 heterocycles. The van der Waals surface area contributed by atoms with Crippen LogP contribution < -0.4 is 4.57 Å². The van der Waals surface area contributed by atoms with Gasteiger partial charge in [-0.25, -0.2) is 0 Å². The zero-order valence-corrected chi connectivity index (χ0v) is 18.5. The van der Waals surface area contributed by atoms with Gasteiger partial charge in [-0.15, -0.1) is 0 Å². The van der Waals surface area contributed by atoms with Gasteiger partial charge in [0.2, 0.25) is 0 Å². The van der Waals surface area contributed by atoms with E-state index in [0.717, 1.165) is 27.9 Å². The number of benzene rings is 3. The maximum atomic E-state index is 4.86. The molecule has 0 fully saturated rings. The van der Waals surface area contributed by atoms with E-state index in [2.05, 4.69) is 84.6 Å². The van der Waals surface area contributed by atoms with Gasteiger partial charge in [0.25, 0.3) is 5.69 Å². The molecule has 33 heavy (non-hydrogen) atoms. The number of nitrogens with zero attached hydrogens (tertiary/aromatic N) is 3. The predicted octanol–water partition coefficient (Wildman–Crippen LogP) is 4.95. The Morgan fingerprint density at radius 3 is 1.70 bits per heavy atom. The van der Waals surface area contributed by atoms with E-state index < -0.39 is 5.54 Å². The van der Waals surface area contributed by atoms with E-state index >= 15 is 0 Å². The van der Waals surface area contributed by atoms with Gasteiger partial charge in [0, 0.05) is 24.3 Å². The van der Waals surface area contributed by atoms with Gasteiger partial charge in [-0.2, -0.15) is 9.67 Å². The zero-order valence-electron chi connectivity index (χ0n) is 18.5. The second-order valence-electron chi connectivity index (χ2n) is 7.93. The molecule has 0 aliphatic carbocycles. The summed E-state index contributed by atoms with van der Waals surface area (Å²) in [5, 5.41) is 4.86. The second kappa shape index (κ2) is 8.98. The van der Waals surface area contributed by atoms with Crippen molar-refractivity contribution in [1.29, 1.82) is 0 Å². The molecule has 5 aromatic rings. The summed E-state index contributed by atoms with van der Waals surface area (Å²) in [4.78, 5) is 0. The fourth-order valence-electron chi connectivity index (χ4n) is 4.30. The van der Waals surface area contributed by atoms with Crippen molar-refractivity contribution in [1.82, 2.24) is 9.78 Å². The maximum absolute atomic E-state index is 4.86. The largest absolute Gasteiger partial charge is 0.256 e. The van der Waals surface area contributed by atoms with E-state index in [9.17, 15) is 0 Å². The van der Waals surface area contributed by atoms with Crippen LogP contribution in [-0.2, 0) is 12.6 Å². The molecular formula is C30H24N3+. The summed E-state index contributed by atoms with van der Waals surface area (Å²) in [5.74, 6) is 6.57. The number of pyridine rings is 1. The van der Waals surface area contributed by atoms with Crippen LogP contribution in [-0.4, -0.2) is 9.78 Å². The molecule has 3 heteroatoms. The predicted molar refractivity (Wildman–Crippen MR) is 130 cm³/mol. The summed E-state index contributed by atoms with van der Waals surface area (Å²) in [6.45, 7) is 0. The lowest BCUT2D eigenvalue weighted by Gasteiger charge is -2.36. The first kappa shape index (κ1) is 20.5. The zero-order chi connectivity index (χ0) is 22.5. The second-order valence-corrected chi connectivity index (χ2v) is 7.93. The molecule has 0 radical (unpaired) electrons. The fraction of sp³-hybridized carbons (Fsp3) is 0.0667. The van der Waals surface area contributed by atoms with E-state index in [0.29, 0.717) is 0 Å². The topological polar surface area (TPSA) is 21.7 Å². The molecule has 158 valence electrons. The maximum Gasteiger partial charge on any atom is 0.256 e. The van der Waals surface area contributed by atoms with Crippen LogP contribution in [0, 0.1) is 11.8 Å². The van der Waals surface area contributed by atoms with Crippen LogP contribution in [0.5, 0.6) is 0 Å². The van der Waals surface area contributed by atoms with Crippen LogP contribution in [0.1, 0.15) is 27.9 Å². The average molecular weight is 427 g/mol. The van der Waals surface area contributed by atoms with Crippen molar-refractivity contribution >= 4 is 0 Å². The Bertz CT molecular complexity index is 1310. The average Bonchev–Trinajstić information content (AvgIpc) is 3.35. The number of aryl methyl sites for hydroxylation is 1. The first-order valence-electron chi connectivity index (χ1n) is 11.0. The van der Waals surface area contributed by atoms with Crippen LogP contribution >= 0.6 is 0 Å². The lowest BCUT2D eigenvalue weighted by molar-refractivity contribution is -0.673. The first-order valence-corrected chi connectivity index (χ1v) is 11.0. The Morgan fingerprint density at radius 1 is 0.667 bits per heavy atom. The lowest BCUT2D eigenvalue weighted by Crippen LogP contribution is -2.38. The van der Waals surface area contributed by atoms with E-state index in [1.165, 1.54) is 0 Å². The van der Waals surface area contributed by atoms with E-state index in [1.54, 1.807) is 0 Å². The Balaban J connectivity index is 1.72. The lowest BCUT2D eigenvalue weighted by atomic mass is 9.77. The van der Waals surface area contributed by atoms with Crippen molar-refractivity contribution in [3.63, 3.8) is 0 Å². The minimum Gasteiger partial charge on any atom is -0.252 e. The standard InChI is InChI=1S/C30H24N3/c1-32-22-12-11-19-29(32)21-20-25-23-31-33(24-25)30(26-13-5-2-6-14-26,27-15-7-3-8-16-27)28-17-9-4-10-18-28/h2-19,22-24H,1H3/q+1. The van der Waals surface area contributed by atoms with Crippen LogP contribution in [0.2, 0.25) is 0 Å². The van der Waals surface area contributed by atoms with Gasteiger partial charge in [0.1, 0.15) is 12.6 Å². The van der Waals surface area contributed by atoms with Gasteiger partial charge in [0.15, 0.2) is 6.20 Å². The molecule has 0 amide bonds. The molecule has 0 N–H and O–H groups in total. The summed E-state index contributed by atoms with van der Waals surface area (Å²) in [7, 11) is 2.00. The van der Waals surface area contributed by atoms with Crippen molar-refractivity contribution < 1.29 is 4.57 Å². The van der Waals surface area contributed by atoms with E-state index in [1.807, 2.05) is 71.3 Å². The normalized spacial score (nSPS) is 10.9. The highest BCUT2D eigenvalue weighted by Crippen LogP contribution is 2.40. The molecule has 0 aliphatic rings. The molecule has 2 aromatic heterocycles. The SMILES string of the molecule is C[n+]1ccccc1C#Cc1cnn(C(c2ccccc2)(c2ccccc2)c2ccccc2)c1. The molecule has 3 aromatic carbocycles. The molecule has 0 unspecified atom stereocenters. The fourth-order valence-corrected chi connectivity index (χ4v) is 4.30. The summed E-state index contributed by atoms with van der Waals surface area (Å²) in [6.07, 6.45) is 5.89. The van der Waals surface area contributed by atoms with Gasteiger partial charge in [-0.1, -0.05) is 96.9 Å². The van der Waals surface area contributed by atoms with Gasteiger partial charge in [0.05, 0.1) is 11.8 Å². The number of rotatable bonds is 4. The molecule has 0 bridgehead atoms. The van der Waals surface area contributed by atoms with Gasteiger partial charge < -0.3 is 0 Å². The Kier molecular flexibility index (Phi) is 5.57. The van der Waals surface area contributed by atoms with Gasteiger partial charge >= 0.3 is 0 Å². The van der Waals surface area contributed by atoms with Crippen molar-refractivity contribution in [2.24, 2.45) is 7.05 Å². The van der Waals surface area contributed by atoms with Crippen molar-refractivity contribution in [3.05, 3.63) is 156 Å². The molecule has 3 nitrogen and oxygen atoms in total. The molecule has 0 atom stereocenters. The summed E-state index contributed by atoms with van der Waals surface area (Å²) in [6, 6.07) is 37.6. The minimum absolute atomic E-state index is 0.624. The molecule has 0 spiro atoms. The summed E-state index contributed by atoms with van der Waals surface area (Å²) in [5.41, 5.74) is 4.61. The molecule has 0 aliphatic heterocycles. The first-order chi connectivity index (χ1) is 16.3. The molecule has 0 saturated heterocycles. The summed E-state index contributed by atoms with van der Waals surface area (Å²) < 4.78 is 4.06. The minimum atomic E-state index is -0.624. The van der Waals surface area contributed by atoms with Crippen LogP contribution in [0.25, 0.3) is 0 Å². The smallest absolute Gasteiger partial charge is 0.252 e. The molecular weight excluding hydrogens is 402 g/mol. The van der Waals surface area contributed by atoms with Gasteiger partial charge in [-0.3, -0.25) is 4.68 Å². The summed E-state index contributed by atoms with van der Waals surface area (Å²) >= 11 is 0. The molecule has 5 rings (SSSR count). The number of hydrogen-bond acceptors (Lipinski definition) is 1. The Hall–Kier alpha value is -4.42. The number of hydrogen-bond donors (Lipinski definition) is 0.